The van der Waals surface area contributed by atoms with Gasteiger partial charge in [0.25, 0.3) is 0 Å². The number of allylic oxidation sites excluding steroid dienone is 1. The van der Waals surface area contributed by atoms with Gasteiger partial charge in [-0.1, -0.05) is 38.3 Å². The fourth-order valence-electron chi connectivity index (χ4n) is 1.59. The number of ether oxygens (including phenoxy) is 1. The topological polar surface area (TPSA) is 43.4 Å². The van der Waals surface area contributed by atoms with Crippen LogP contribution >= 0.6 is 0 Å². The molecule has 4 heteroatoms. The summed E-state index contributed by atoms with van der Waals surface area (Å²) >= 11 is 0. The van der Waals surface area contributed by atoms with Gasteiger partial charge in [-0.3, -0.25) is 9.59 Å². The molecule has 1 radical (unpaired) electrons. The first kappa shape index (κ1) is 15.9. The molecule has 1 atom stereocenters. The van der Waals surface area contributed by atoms with Gasteiger partial charge in [0.05, 0.1) is 12.3 Å². The van der Waals surface area contributed by atoms with Crippen molar-refractivity contribution in [1.29, 1.82) is 0 Å². The molecule has 1 saturated heterocycles. The molecule has 0 aromatic heterocycles. The molecule has 0 spiro atoms. The van der Waals surface area contributed by atoms with Gasteiger partial charge in [-0.15, -0.1) is 0 Å². The molecular formula is C12H18NaO3. The molecule has 85 valence electrons. The minimum atomic E-state index is -0.402. The first-order chi connectivity index (χ1) is 7.24. The zero-order valence-corrected chi connectivity index (χ0v) is 12.2. The average molecular weight is 233 g/mol. The molecule has 0 aromatic carbocycles. The number of unbranched alkanes of at least 4 members (excludes halogenated alkanes) is 4. The summed E-state index contributed by atoms with van der Waals surface area (Å²) < 4.78 is 4.44. The minimum Gasteiger partial charge on any atom is -0.393 e. The van der Waals surface area contributed by atoms with Crippen LogP contribution in [0.25, 0.3) is 0 Å². The normalized spacial score (nSPS) is 19.9. The summed E-state index contributed by atoms with van der Waals surface area (Å²) in [5, 5.41) is 0. The monoisotopic (exact) mass is 233 g/mol. The Bertz CT molecular complexity index is 261. The number of carbonyl (C=O) groups is 2. The summed E-state index contributed by atoms with van der Waals surface area (Å²) in [4.78, 5) is 21.8. The third kappa shape index (κ3) is 5.83. The molecule has 0 saturated carbocycles. The maximum atomic E-state index is 11.1. The van der Waals surface area contributed by atoms with Gasteiger partial charge in [0.1, 0.15) is 0 Å². The Kier molecular flexibility index (Phi) is 8.90. The van der Waals surface area contributed by atoms with E-state index in [2.05, 4.69) is 11.7 Å². The number of cyclic esters (lactones) is 2. The van der Waals surface area contributed by atoms with Crippen molar-refractivity contribution < 1.29 is 14.3 Å². The van der Waals surface area contributed by atoms with E-state index in [1.807, 2.05) is 6.08 Å². The van der Waals surface area contributed by atoms with Crippen molar-refractivity contribution in [2.45, 2.75) is 45.4 Å². The van der Waals surface area contributed by atoms with Crippen LogP contribution in [-0.4, -0.2) is 41.5 Å². The van der Waals surface area contributed by atoms with E-state index in [0.717, 1.165) is 12.8 Å². The number of hydrogen-bond acceptors (Lipinski definition) is 3. The second-order valence-electron chi connectivity index (χ2n) is 3.88. The molecular weight excluding hydrogens is 215 g/mol. The second-order valence-corrected chi connectivity index (χ2v) is 3.88. The summed E-state index contributed by atoms with van der Waals surface area (Å²) in [6, 6.07) is 0. The van der Waals surface area contributed by atoms with Crippen molar-refractivity contribution in [3.63, 3.8) is 0 Å². The van der Waals surface area contributed by atoms with Crippen molar-refractivity contribution in [3.8, 4) is 0 Å². The van der Waals surface area contributed by atoms with Crippen LogP contribution in [0.15, 0.2) is 12.2 Å². The minimum absolute atomic E-state index is 0. The van der Waals surface area contributed by atoms with E-state index in [0.29, 0.717) is 0 Å². The number of rotatable bonds is 6. The molecule has 0 aliphatic carbocycles. The van der Waals surface area contributed by atoms with Gasteiger partial charge < -0.3 is 4.74 Å². The molecule has 3 nitrogen and oxygen atoms in total. The Balaban J connectivity index is 0.00000225. The van der Waals surface area contributed by atoms with Gasteiger partial charge in [0, 0.05) is 29.6 Å². The molecule has 0 bridgehead atoms. The zero-order valence-electron chi connectivity index (χ0n) is 10.2. The van der Waals surface area contributed by atoms with E-state index in [-0.39, 0.29) is 41.9 Å². The smallest absolute Gasteiger partial charge is 0.321 e. The van der Waals surface area contributed by atoms with Gasteiger partial charge >= 0.3 is 11.9 Å². The maximum absolute atomic E-state index is 11.1. The summed E-state index contributed by atoms with van der Waals surface area (Å²) in [7, 11) is 0. The van der Waals surface area contributed by atoms with E-state index in [1.165, 1.54) is 19.3 Å². The van der Waals surface area contributed by atoms with E-state index >= 15 is 0 Å². The third-order valence-corrected chi connectivity index (χ3v) is 2.50. The molecule has 16 heavy (non-hydrogen) atoms. The summed E-state index contributed by atoms with van der Waals surface area (Å²) in [5.41, 5.74) is 0. The predicted octanol–water partition coefficient (Wildman–Crippen LogP) is 2.22. The molecule has 1 unspecified atom stereocenters. The molecule has 1 heterocycles. The maximum Gasteiger partial charge on any atom is 0.321 e. The molecule has 1 aliphatic heterocycles. The van der Waals surface area contributed by atoms with Gasteiger partial charge in [-0.05, 0) is 12.8 Å². The van der Waals surface area contributed by atoms with Gasteiger partial charge in [0.2, 0.25) is 0 Å². The molecule has 1 aliphatic rings. The molecule has 0 N–H and O–H groups in total. The van der Waals surface area contributed by atoms with Crippen molar-refractivity contribution in [1.82, 2.24) is 0 Å². The predicted molar refractivity (Wildman–Crippen MR) is 62.9 cm³/mol. The van der Waals surface area contributed by atoms with Crippen molar-refractivity contribution >= 4 is 41.5 Å². The van der Waals surface area contributed by atoms with Crippen LogP contribution < -0.4 is 0 Å². The van der Waals surface area contributed by atoms with Crippen LogP contribution in [0.1, 0.15) is 45.4 Å². The van der Waals surface area contributed by atoms with Crippen molar-refractivity contribution in [2.75, 3.05) is 0 Å². The molecule has 0 aromatic rings. The van der Waals surface area contributed by atoms with Gasteiger partial charge in [0.15, 0.2) is 0 Å². The molecule has 1 fully saturated rings. The van der Waals surface area contributed by atoms with E-state index in [9.17, 15) is 9.59 Å². The quantitative estimate of drug-likeness (QED) is 0.232. The van der Waals surface area contributed by atoms with Crippen LogP contribution in [0.5, 0.6) is 0 Å². The average Bonchev–Trinajstić information content (AvgIpc) is 2.51. The summed E-state index contributed by atoms with van der Waals surface area (Å²) in [6.07, 6.45) is 9.86. The molecule has 1 rings (SSSR count). The van der Waals surface area contributed by atoms with Crippen LogP contribution in [-0.2, 0) is 14.3 Å². The number of carbonyl (C=O) groups excluding carboxylic acids is 2. The van der Waals surface area contributed by atoms with Crippen molar-refractivity contribution in [2.24, 2.45) is 5.92 Å². The first-order valence-corrected chi connectivity index (χ1v) is 5.65. The standard InChI is InChI=1S/C12H18O3.Na/c1-2-3-4-5-6-7-8-10-9-11(13)15-12(10)14;/h7-8,10H,2-6,9H2,1H3;. The zero-order chi connectivity index (χ0) is 11.1. The van der Waals surface area contributed by atoms with E-state index < -0.39 is 11.9 Å². The fourth-order valence-corrected chi connectivity index (χ4v) is 1.59. The Morgan fingerprint density at radius 3 is 2.62 bits per heavy atom. The van der Waals surface area contributed by atoms with E-state index in [4.69, 9.17) is 0 Å². The third-order valence-electron chi connectivity index (χ3n) is 2.50. The first-order valence-electron chi connectivity index (χ1n) is 5.65. The Hall–Kier alpha value is -0.120. The Morgan fingerprint density at radius 1 is 1.31 bits per heavy atom. The van der Waals surface area contributed by atoms with Crippen LogP contribution in [0.4, 0.5) is 0 Å². The molecule has 0 amide bonds. The van der Waals surface area contributed by atoms with E-state index in [1.54, 1.807) is 6.08 Å². The largest absolute Gasteiger partial charge is 0.393 e. The second kappa shape index (κ2) is 8.97. The van der Waals surface area contributed by atoms with Gasteiger partial charge in [-0.25, -0.2) is 0 Å². The SMILES string of the molecule is CCCCCCC=CC1CC(=O)OC1=O.[Na]. The van der Waals surface area contributed by atoms with Crippen LogP contribution in [0.3, 0.4) is 0 Å². The van der Waals surface area contributed by atoms with Crippen molar-refractivity contribution in [3.05, 3.63) is 12.2 Å². The van der Waals surface area contributed by atoms with Gasteiger partial charge in [-0.2, -0.15) is 0 Å². The fraction of sp³-hybridized carbons (Fsp3) is 0.667. The summed E-state index contributed by atoms with van der Waals surface area (Å²) in [5.74, 6) is -1.13. The Labute approximate surface area is 119 Å². The Morgan fingerprint density at radius 2 is 2.06 bits per heavy atom. The number of esters is 2. The number of hydrogen-bond donors (Lipinski definition) is 0. The van der Waals surface area contributed by atoms with Crippen LogP contribution in [0, 0.1) is 5.92 Å². The summed E-state index contributed by atoms with van der Waals surface area (Å²) in [6.45, 7) is 2.18. The van der Waals surface area contributed by atoms with Crippen LogP contribution in [0.2, 0.25) is 0 Å².